The summed E-state index contributed by atoms with van der Waals surface area (Å²) in [6.45, 7) is 2.13. The van der Waals surface area contributed by atoms with Crippen LogP contribution in [-0.4, -0.2) is 77.3 Å². The Morgan fingerprint density at radius 2 is 1.89 bits per heavy atom. The summed E-state index contributed by atoms with van der Waals surface area (Å²) in [6, 6.07) is 11.8. The van der Waals surface area contributed by atoms with Crippen molar-refractivity contribution in [2.75, 3.05) is 26.8 Å². The molecule has 1 spiro atoms. The molecule has 5 rings (SSSR count). The molecule has 3 aliphatic rings. The largest absolute Gasteiger partial charge is 0.471 e. The van der Waals surface area contributed by atoms with Crippen molar-refractivity contribution < 1.29 is 32.2 Å². The number of hydrogen-bond donors (Lipinski definition) is 0. The highest BCUT2D eigenvalue weighted by molar-refractivity contribution is 5.88. The van der Waals surface area contributed by atoms with Gasteiger partial charge >= 0.3 is 18.1 Å². The van der Waals surface area contributed by atoms with E-state index >= 15 is 0 Å². The Hall–Kier alpha value is -2.98. The molecule has 2 saturated heterocycles. The lowest BCUT2D eigenvalue weighted by atomic mass is 9.87. The molecule has 1 aromatic heterocycles. The molecule has 3 heterocycles. The zero-order valence-electron chi connectivity index (χ0n) is 20.6. The van der Waals surface area contributed by atoms with Gasteiger partial charge in [-0.3, -0.25) is 14.7 Å². The standard InChI is InChI=1S/C27H30F3N3O4/c1-36-24(34)19-7-8-20(31-15-19)16-32-11-9-26(10-12-32)14-21(17-37-26)33(25(35)27(28,29)30)23-13-22(23)18-5-3-2-4-6-18/h2-8,15,21-23H,9-14,16-17H2,1H3/t21?,22-,23+/m0/s1. The molecular formula is C27H30F3N3O4. The van der Waals surface area contributed by atoms with Crippen molar-refractivity contribution in [3.63, 3.8) is 0 Å². The second-order valence-electron chi connectivity index (χ2n) is 10.2. The van der Waals surface area contributed by atoms with Crippen molar-refractivity contribution in [3.8, 4) is 0 Å². The molecule has 0 bridgehead atoms. The quantitative estimate of drug-likeness (QED) is 0.541. The van der Waals surface area contributed by atoms with Crippen LogP contribution in [0, 0.1) is 0 Å². The number of halogens is 3. The summed E-state index contributed by atoms with van der Waals surface area (Å²) in [5, 5.41) is 0. The number of carbonyl (C=O) groups is 2. The number of amides is 1. The fourth-order valence-electron chi connectivity index (χ4n) is 5.73. The molecule has 1 amide bonds. The van der Waals surface area contributed by atoms with Gasteiger partial charge in [0.2, 0.25) is 0 Å². The summed E-state index contributed by atoms with van der Waals surface area (Å²) in [5.74, 6) is -2.28. The van der Waals surface area contributed by atoms with E-state index in [2.05, 4.69) is 9.88 Å². The van der Waals surface area contributed by atoms with Gasteiger partial charge in [-0.15, -0.1) is 0 Å². The predicted octanol–water partition coefficient (Wildman–Crippen LogP) is 3.94. The number of hydrogen-bond acceptors (Lipinski definition) is 6. The van der Waals surface area contributed by atoms with Gasteiger partial charge in [-0.05, 0) is 43.4 Å². The first-order chi connectivity index (χ1) is 17.7. The van der Waals surface area contributed by atoms with Gasteiger partial charge in [0.25, 0.3) is 0 Å². The monoisotopic (exact) mass is 517 g/mol. The molecule has 0 radical (unpaired) electrons. The smallest absolute Gasteiger partial charge is 0.465 e. The van der Waals surface area contributed by atoms with Gasteiger partial charge in [-0.1, -0.05) is 30.3 Å². The van der Waals surface area contributed by atoms with Gasteiger partial charge in [0, 0.05) is 37.8 Å². The van der Waals surface area contributed by atoms with Crippen molar-refractivity contribution >= 4 is 11.9 Å². The maximum absolute atomic E-state index is 13.6. The van der Waals surface area contributed by atoms with Crippen LogP contribution in [0.5, 0.6) is 0 Å². The number of aromatic nitrogens is 1. The van der Waals surface area contributed by atoms with Crippen LogP contribution in [0.1, 0.15) is 53.2 Å². The maximum atomic E-state index is 13.6. The third-order valence-corrected chi connectivity index (χ3v) is 7.80. The molecule has 10 heteroatoms. The Balaban J connectivity index is 1.21. The first-order valence-corrected chi connectivity index (χ1v) is 12.5. The lowest BCUT2D eigenvalue weighted by Gasteiger charge is -2.39. The second kappa shape index (κ2) is 10.1. The number of alkyl halides is 3. The molecule has 1 aliphatic carbocycles. The Kier molecular flexibility index (Phi) is 6.97. The highest BCUT2D eigenvalue weighted by Gasteiger charge is 2.57. The van der Waals surface area contributed by atoms with E-state index in [9.17, 15) is 22.8 Å². The van der Waals surface area contributed by atoms with Gasteiger partial charge < -0.3 is 14.4 Å². The van der Waals surface area contributed by atoms with E-state index in [1.165, 1.54) is 13.3 Å². The van der Waals surface area contributed by atoms with Crippen LogP contribution >= 0.6 is 0 Å². The zero-order valence-corrected chi connectivity index (χ0v) is 20.6. The number of ether oxygens (including phenoxy) is 2. The number of rotatable bonds is 6. The van der Waals surface area contributed by atoms with Crippen molar-refractivity contribution in [1.82, 2.24) is 14.8 Å². The molecule has 198 valence electrons. The summed E-state index contributed by atoms with van der Waals surface area (Å²) < 4.78 is 51.6. The molecule has 3 atom stereocenters. The predicted molar refractivity (Wildman–Crippen MR) is 128 cm³/mol. The van der Waals surface area contributed by atoms with Crippen LogP contribution in [0.4, 0.5) is 13.2 Å². The number of methoxy groups -OCH3 is 1. The van der Waals surface area contributed by atoms with Crippen LogP contribution in [0.3, 0.4) is 0 Å². The summed E-state index contributed by atoms with van der Waals surface area (Å²) in [6.07, 6.45) is -1.14. The van der Waals surface area contributed by atoms with Crippen molar-refractivity contribution in [2.45, 2.75) is 62.0 Å². The van der Waals surface area contributed by atoms with Crippen molar-refractivity contribution in [3.05, 3.63) is 65.5 Å². The summed E-state index contributed by atoms with van der Waals surface area (Å²) in [4.78, 5) is 31.7. The molecule has 37 heavy (non-hydrogen) atoms. The first kappa shape index (κ1) is 25.7. The zero-order chi connectivity index (χ0) is 26.2. The third-order valence-electron chi connectivity index (χ3n) is 7.80. The highest BCUT2D eigenvalue weighted by atomic mass is 19.4. The average Bonchev–Trinajstić information content (AvgIpc) is 3.58. The Bertz CT molecular complexity index is 1120. The minimum absolute atomic E-state index is 0.0797. The number of nitrogens with zero attached hydrogens (tertiary/aromatic N) is 3. The second-order valence-corrected chi connectivity index (χ2v) is 10.2. The average molecular weight is 518 g/mol. The number of piperidine rings is 1. The van der Waals surface area contributed by atoms with Crippen molar-refractivity contribution in [2.24, 2.45) is 0 Å². The number of pyridine rings is 1. The van der Waals surface area contributed by atoms with E-state index < -0.39 is 35.7 Å². The van der Waals surface area contributed by atoms with Crippen LogP contribution in [0.15, 0.2) is 48.7 Å². The third kappa shape index (κ3) is 5.50. The normalized spacial score (nSPS) is 25.1. The fraction of sp³-hybridized carbons (Fsp3) is 0.519. The van der Waals surface area contributed by atoms with Gasteiger partial charge in [0.05, 0.1) is 36.6 Å². The van der Waals surface area contributed by atoms with Crippen LogP contribution < -0.4 is 0 Å². The SMILES string of the molecule is COC(=O)c1ccc(CN2CCC3(CC2)CC(N(C(=O)C(F)(F)F)[C@@H]2C[C@H]2c2ccccc2)CO3)nc1. The highest BCUT2D eigenvalue weighted by Crippen LogP contribution is 2.49. The Morgan fingerprint density at radius 3 is 2.51 bits per heavy atom. The molecule has 3 fully saturated rings. The molecule has 2 aromatic rings. The van der Waals surface area contributed by atoms with Gasteiger partial charge in [-0.2, -0.15) is 13.2 Å². The van der Waals surface area contributed by atoms with Gasteiger partial charge in [-0.25, -0.2) is 4.79 Å². The number of carbonyl (C=O) groups excluding carboxylic acids is 2. The molecule has 7 nitrogen and oxygen atoms in total. The van der Waals surface area contributed by atoms with E-state index in [1.807, 2.05) is 30.3 Å². The van der Waals surface area contributed by atoms with Gasteiger partial charge in [0.1, 0.15) is 0 Å². The minimum Gasteiger partial charge on any atom is -0.465 e. The number of benzene rings is 1. The number of likely N-dealkylation sites (tertiary alicyclic amines) is 1. The minimum atomic E-state index is -4.92. The van der Waals surface area contributed by atoms with Gasteiger partial charge in [0.15, 0.2) is 0 Å². The first-order valence-electron chi connectivity index (χ1n) is 12.5. The van der Waals surface area contributed by atoms with Crippen LogP contribution in [0.2, 0.25) is 0 Å². The van der Waals surface area contributed by atoms with Crippen molar-refractivity contribution in [1.29, 1.82) is 0 Å². The van der Waals surface area contributed by atoms with Crippen LogP contribution in [0.25, 0.3) is 0 Å². The molecule has 2 aliphatic heterocycles. The number of esters is 1. The molecule has 0 N–H and O–H groups in total. The summed E-state index contributed by atoms with van der Waals surface area (Å²) >= 11 is 0. The lowest BCUT2D eigenvalue weighted by molar-refractivity contribution is -0.188. The summed E-state index contributed by atoms with van der Waals surface area (Å²) in [7, 11) is 1.32. The van der Waals surface area contributed by atoms with E-state index in [0.29, 0.717) is 50.9 Å². The fourth-order valence-corrected chi connectivity index (χ4v) is 5.73. The maximum Gasteiger partial charge on any atom is 0.471 e. The van der Waals surface area contributed by atoms with E-state index in [-0.39, 0.29) is 12.5 Å². The van der Waals surface area contributed by atoms with E-state index in [1.54, 1.807) is 12.1 Å². The lowest BCUT2D eigenvalue weighted by Crippen LogP contribution is -2.50. The molecular weight excluding hydrogens is 487 g/mol. The molecule has 1 saturated carbocycles. The Morgan fingerprint density at radius 1 is 1.16 bits per heavy atom. The van der Waals surface area contributed by atoms with Crippen LogP contribution in [-0.2, 0) is 20.8 Å². The van der Waals surface area contributed by atoms with E-state index in [0.717, 1.165) is 16.2 Å². The Labute approximate surface area is 213 Å². The van der Waals surface area contributed by atoms with E-state index in [4.69, 9.17) is 9.47 Å². The topological polar surface area (TPSA) is 72.0 Å². The summed E-state index contributed by atoms with van der Waals surface area (Å²) in [5.41, 5.74) is 1.64. The molecule has 1 unspecified atom stereocenters. The molecule has 1 aromatic carbocycles.